The first-order valence-corrected chi connectivity index (χ1v) is 5.45. The highest BCUT2D eigenvalue weighted by Gasteiger charge is 2.29. The summed E-state index contributed by atoms with van der Waals surface area (Å²) in [6.07, 6.45) is 1.23. The van der Waals surface area contributed by atoms with Crippen molar-refractivity contribution in [3.8, 4) is 0 Å². The van der Waals surface area contributed by atoms with Crippen LogP contribution in [0.1, 0.15) is 47.4 Å². The van der Waals surface area contributed by atoms with Gasteiger partial charge in [0.25, 0.3) is 0 Å². The van der Waals surface area contributed by atoms with Crippen LogP contribution >= 0.6 is 0 Å². The van der Waals surface area contributed by atoms with Crippen LogP contribution in [0.15, 0.2) is 12.1 Å². The van der Waals surface area contributed by atoms with E-state index in [4.69, 9.17) is 5.73 Å². The Labute approximate surface area is 86.3 Å². The zero-order chi connectivity index (χ0) is 10.3. The van der Waals surface area contributed by atoms with E-state index in [1.54, 1.807) is 11.1 Å². The molecule has 0 fully saturated rings. The summed E-state index contributed by atoms with van der Waals surface area (Å²) in [5.74, 6) is 1.29. The maximum atomic E-state index is 5.83. The molecule has 1 nitrogen and oxygen atoms in total. The molecule has 1 aromatic rings. The molecule has 0 heterocycles. The fraction of sp³-hybridized carbons (Fsp3) is 0.538. The summed E-state index contributed by atoms with van der Waals surface area (Å²) in [4.78, 5) is 0. The Morgan fingerprint density at radius 1 is 1.21 bits per heavy atom. The van der Waals surface area contributed by atoms with Gasteiger partial charge in [0, 0.05) is 0 Å². The molecular formula is C13H19N. The maximum Gasteiger partial charge on any atom is -0.000781 e. The van der Waals surface area contributed by atoms with Crippen LogP contribution in [-0.2, 0) is 0 Å². The number of nitrogens with two attached hydrogens (primary N) is 1. The van der Waals surface area contributed by atoms with E-state index in [1.807, 2.05) is 0 Å². The van der Waals surface area contributed by atoms with E-state index >= 15 is 0 Å². The standard InChI is InChI=1S/C13H19N/c1-8-4-5-9(2)13-11(7-14)6-10(3)12(8)13/h4-5,10-11H,6-7,14H2,1-3H3. The summed E-state index contributed by atoms with van der Waals surface area (Å²) < 4.78 is 0. The summed E-state index contributed by atoms with van der Waals surface area (Å²) in [5, 5.41) is 0. The van der Waals surface area contributed by atoms with Crippen molar-refractivity contribution in [2.45, 2.75) is 39.0 Å². The van der Waals surface area contributed by atoms with E-state index in [1.165, 1.54) is 17.5 Å². The van der Waals surface area contributed by atoms with Gasteiger partial charge in [-0.25, -0.2) is 0 Å². The largest absolute Gasteiger partial charge is 0.330 e. The molecule has 0 radical (unpaired) electrons. The summed E-state index contributed by atoms with van der Waals surface area (Å²) in [7, 11) is 0. The van der Waals surface area contributed by atoms with Crippen LogP contribution < -0.4 is 5.73 Å². The highest BCUT2D eigenvalue weighted by Crippen LogP contribution is 2.43. The average molecular weight is 189 g/mol. The monoisotopic (exact) mass is 189 g/mol. The molecule has 1 aliphatic carbocycles. The Hall–Kier alpha value is -0.820. The molecule has 14 heavy (non-hydrogen) atoms. The molecule has 1 aliphatic rings. The van der Waals surface area contributed by atoms with Crippen molar-refractivity contribution in [2.24, 2.45) is 5.73 Å². The molecule has 2 N–H and O–H groups in total. The molecule has 1 aromatic carbocycles. The topological polar surface area (TPSA) is 26.0 Å². The lowest BCUT2D eigenvalue weighted by molar-refractivity contribution is 0.624. The van der Waals surface area contributed by atoms with Crippen molar-refractivity contribution in [2.75, 3.05) is 6.54 Å². The lowest BCUT2D eigenvalue weighted by Crippen LogP contribution is -2.10. The second-order valence-electron chi connectivity index (χ2n) is 4.60. The van der Waals surface area contributed by atoms with Gasteiger partial charge in [0.05, 0.1) is 0 Å². The predicted octanol–water partition coefficient (Wildman–Crippen LogP) is 2.85. The third kappa shape index (κ3) is 1.27. The first kappa shape index (κ1) is 9.72. The highest BCUT2D eigenvalue weighted by molar-refractivity contribution is 5.48. The molecular weight excluding hydrogens is 170 g/mol. The number of rotatable bonds is 1. The second-order valence-corrected chi connectivity index (χ2v) is 4.60. The fourth-order valence-corrected chi connectivity index (χ4v) is 2.93. The molecule has 0 saturated heterocycles. The molecule has 0 amide bonds. The van der Waals surface area contributed by atoms with Gasteiger partial charge in [-0.2, -0.15) is 0 Å². The lowest BCUT2D eigenvalue weighted by atomic mass is 9.93. The summed E-state index contributed by atoms with van der Waals surface area (Å²) in [6, 6.07) is 4.47. The summed E-state index contributed by atoms with van der Waals surface area (Å²) in [6.45, 7) is 7.54. The minimum atomic E-state index is 0.597. The molecule has 0 aromatic heterocycles. The highest BCUT2D eigenvalue weighted by atomic mass is 14.6. The second kappa shape index (κ2) is 3.39. The van der Waals surface area contributed by atoms with Crippen LogP contribution in [0.2, 0.25) is 0 Å². The third-order valence-corrected chi connectivity index (χ3v) is 3.55. The van der Waals surface area contributed by atoms with Crippen LogP contribution in [-0.4, -0.2) is 6.54 Å². The van der Waals surface area contributed by atoms with Crippen molar-refractivity contribution >= 4 is 0 Å². The van der Waals surface area contributed by atoms with Gasteiger partial charge in [0.15, 0.2) is 0 Å². The summed E-state index contributed by atoms with van der Waals surface area (Å²) >= 11 is 0. The first-order valence-electron chi connectivity index (χ1n) is 5.45. The normalized spacial score (nSPS) is 25.1. The number of aryl methyl sites for hydroxylation is 2. The van der Waals surface area contributed by atoms with Crippen LogP contribution in [0.5, 0.6) is 0 Å². The number of hydrogen-bond donors (Lipinski definition) is 1. The minimum absolute atomic E-state index is 0.597. The third-order valence-electron chi connectivity index (χ3n) is 3.55. The Balaban J connectivity index is 2.60. The fourth-order valence-electron chi connectivity index (χ4n) is 2.93. The van der Waals surface area contributed by atoms with E-state index in [-0.39, 0.29) is 0 Å². The van der Waals surface area contributed by atoms with Crippen LogP contribution in [0.25, 0.3) is 0 Å². The molecule has 0 bridgehead atoms. The molecule has 0 saturated carbocycles. The lowest BCUT2D eigenvalue weighted by Gasteiger charge is -2.13. The van der Waals surface area contributed by atoms with E-state index in [0.717, 1.165) is 6.54 Å². The number of fused-ring (bicyclic) bond motifs is 1. The van der Waals surface area contributed by atoms with Gasteiger partial charge in [-0.3, -0.25) is 0 Å². The van der Waals surface area contributed by atoms with Crippen molar-refractivity contribution in [3.05, 3.63) is 34.4 Å². The van der Waals surface area contributed by atoms with Gasteiger partial charge in [-0.05, 0) is 60.9 Å². The maximum absolute atomic E-state index is 5.83. The van der Waals surface area contributed by atoms with Crippen molar-refractivity contribution < 1.29 is 0 Å². The van der Waals surface area contributed by atoms with Crippen LogP contribution in [0.4, 0.5) is 0 Å². The Bertz CT molecular complexity index is 354. The number of benzene rings is 1. The predicted molar refractivity (Wildman–Crippen MR) is 60.7 cm³/mol. The Morgan fingerprint density at radius 3 is 2.36 bits per heavy atom. The van der Waals surface area contributed by atoms with Gasteiger partial charge in [0.1, 0.15) is 0 Å². The van der Waals surface area contributed by atoms with Crippen LogP contribution in [0.3, 0.4) is 0 Å². The molecule has 2 atom stereocenters. The molecule has 76 valence electrons. The van der Waals surface area contributed by atoms with E-state index in [2.05, 4.69) is 32.9 Å². The smallest absolute Gasteiger partial charge is 0.000781 e. The average Bonchev–Trinajstić information content (AvgIpc) is 2.50. The zero-order valence-electron chi connectivity index (χ0n) is 9.30. The first-order chi connectivity index (χ1) is 6.65. The SMILES string of the molecule is Cc1ccc(C)c2c1C(C)CC2CN. The molecule has 0 aliphatic heterocycles. The molecule has 0 spiro atoms. The quantitative estimate of drug-likeness (QED) is 0.722. The van der Waals surface area contributed by atoms with Gasteiger partial charge in [0.2, 0.25) is 0 Å². The van der Waals surface area contributed by atoms with Gasteiger partial charge in [-0.15, -0.1) is 0 Å². The van der Waals surface area contributed by atoms with Gasteiger partial charge in [-0.1, -0.05) is 19.1 Å². The minimum Gasteiger partial charge on any atom is -0.330 e. The van der Waals surface area contributed by atoms with Gasteiger partial charge < -0.3 is 5.73 Å². The van der Waals surface area contributed by atoms with Crippen LogP contribution in [0, 0.1) is 13.8 Å². The Kier molecular flexibility index (Phi) is 2.36. The molecule has 1 heteroatoms. The van der Waals surface area contributed by atoms with Crippen molar-refractivity contribution in [3.63, 3.8) is 0 Å². The molecule has 2 unspecified atom stereocenters. The van der Waals surface area contributed by atoms with E-state index in [0.29, 0.717) is 11.8 Å². The zero-order valence-corrected chi connectivity index (χ0v) is 9.30. The Morgan fingerprint density at radius 2 is 1.79 bits per heavy atom. The van der Waals surface area contributed by atoms with Crippen molar-refractivity contribution in [1.82, 2.24) is 0 Å². The number of hydrogen-bond acceptors (Lipinski definition) is 1. The molecule has 2 rings (SSSR count). The van der Waals surface area contributed by atoms with E-state index in [9.17, 15) is 0 Å². The summed E-state index contributed by atoms with van der Waals surface area (Å²) in [5.41, 5.74) is 11.8. The van der Waals surface area contributed by atoms with E-state index < -0.39 is 0 Å². The van der Waals surface area contributed by atoms with Gasteiger partial charge >= 0.3 is 0 Å². The van der Waals surface area contributed by atoms with Crippen molar-refractivity contribution in [1.29, 1.82) is 0 Å².